The zero-order chi connectivity index (χ0) is 24.4. The van der Waals surface area contributed by atoms with E-state index in [0.29, 0.717) is 26.0 Å². The molecule has 1 N–H and O–H groups in total. The Morgan fingerprint density at radius 1 is 1.15 bits per heavy atom. The van der Waals surface area contributed by atoms with Gasteiger partial charge >= 0.3 is 0 Å². The van der Waals surface area contributed by atoms with Crippen LogP contribution in [0.1, 0.15) is 16.9 Å². The Balaban J connectivity index is 1.43. The number of thioether (sulfide) groups is 1. The van der Waals surface area contributed by atoms with Gasteiger partial charge in [0.05, 0.1) is 9.38 Å². The molecule has 0 atom stereocenters. The maximum absolute atomic E-state index is 12.8. The molecule has 0 aliphatic carbocycles. The second-order valence-electron chi connectivity index (χ2n) is 7.46. The average molecular weight is 578 g/mol. The predicted octanol–water partition coefficient (Wildman–Crippen LogP) is 7.14. The molecule has 3 aromatic rings. The standard InChI is InChI=1S/C24H18BrClN2O4S2/c1-13-3-6-16(9-14(13)2)27-21(29)12-28-22(30)20(34-24(28)31)11-17-10-19(25)23(32-17)33-18-7-4-15(26)5-8-18/h3-11H,12H2,1-2H3,(H,27,29)/b20-11+. The number of aryl methyl sites for hydroxylation is 2. The molecule has 10 heteroatoms. The number of nitrogens with one attached hydrogen (secondary N) is 1. The molecule has 0 spiro atoms. The number of amides is 3. The third kappa shape index (κ3) is 5.78. The summed E-state index contributed by atoms with van der Waals surface area (Å²) in [5.41, 5.74) is 2.75. The molecule has 1 aliphatic rings. The highest BCUT2D eigenvalue weighted by Gasteiger charge is 2.36. The maximum Gasteiger partial charge on any atom is 0.294 e. The lowest BCUT2D eigenvalue weighted by Crippen LogP contribution is -2.36. The summed E-state index contributed by atoms with van der Waals surface area (Å²) in [5, 5.41) is 3.46. The van der Waals surface area contributed by atoms with Crippen molar-refractivity contribution >= 4 is 79.9 Å². The van der Waals surface area contributed by atoms with Crippen LogP contribution < -0.4 is 5.32 Å². The van der Waals surface area contributed by atoms with Crippen LogP contribution in [0.25, 0.3) is 6.08 Å². The minimum Gasteiger partial charge on any atom is -0.449 e. The quantitative estimate of drug-likeness (QED) is 0.314. The Morgan fingerprint density at radius 2 is 1.88 bits per heavy atom. The van der Waals surface area contributed by atoms with Gasteiger partial charge in [0.25, 0.3) is 11.1 Å². The molecule has 0 bridgehead atoms. The van der Waals surface area contributed by atoms with Gasteiger partial charge in [-0.25, -0.2) is 0 Å². The summed E-state index contributed by atoms with van der Waals surface area (Å²) in [6, 6.07) is 14.6. The average Bonchev–Trinajstić information content (AvgIpc) is 3.25. The Morgan fingerprint density at radius 3 is 2.59 bits per heavy atom. The Labute approximate surface area is 218 Å². The van der Waals surface area contributed by atoms with Crippen molar-refractivity contribution in [2.45, 2.75) is 23.8 Å². The van der Waals surface area contributed by atoms with E-state index in [1.54, 1.807) is 24.3 Å². The smallest absolute Gasteiger partial charge is 0.294 e. The minimum absolute atomic E-state index is 0.188. The Bertz CT molecular complexity index is 1320. The van der Waals surface area contributed by atoms with Crippen molar-refractivity contribution in [1.29, 1.82) is 0 Å². The molecule has 4 rings (SSSR count). The van der Waals surface area contributed by atoms with Gasteiger partial charge in [0, 0.05) is 21.7 Å². The van der Waals surface area contributed by atoms with Crippen molar-refractivity contribution in [2.24, 2.45) is 0 Å². The van der Waals surface area contributed by atoms with Gasteiger partial charge in [0.2, 0.25) is 5.91 Å². The van der Waals surface area contributed by atoms with Crippen molar-refractivity contribution in [3.63, 3.8) is 0 Å². The summed E-state index contributed by atoms with van der Waals surface area (Å²) < 4.78 is 6.56. The van der Waals surface area contributed by atoms with Crippen LogP contribution in [0.3, 0.4) is 0 Å². The Kier molecular flexibility index (Phi) is 7.57. The first kappa shape index (κ1) is 24.7. The summed E-state index contributed by atoms with van der Waals surface area (Å²) in [4.78, 5) is 39.7. The van der Waals surface area contributed by atoms with Gasteiger partial charge in [-0.3, -0.25) is 19.3 Å². The van der Waals surface area contributed by atoms with Crippen LogP contribution in [0, 0.1) is 13.8 Å². The lowest BCUT2D eigenvalue weighted by molar-refractivity contribution is -0.127. The first-order valence-corrected chi connectivity index (χ1v) is 12.9. The molecule has 6 nitrogen and oxygen atoms in total. The first-order chi connectivity index (χ1) is 16.2. The fraction of sp³-hybridized carbons (Fsp3) is 0.125. The molecular weight excluding hydrogens is 560 g/mol. The van der Waals surface area contributed by atoms with Crippen LogP contribution in [-0.4, -0.2) is 28.5 Å². The van der Waals surface area contributed by atoms with Gasteiger partial charge in [-0.1, -0.05) is 29.4 Å². The van der Waals surface area contributed by atoms with E-state index in [1.807, 2.05) is 38.1 Å². The van der Waals surface area contributed by atoms with Gasteiger partial charge < -0.3 is 9.73 Å². The fourth-order valence-corrected chi connectivity index (χ4v) is 5.32. The highest BCUT2D eigenvalue weighted by Crippen LogP contribution is 2.38. The number of rotatable bonds is 6. The zero-order valence-electron chi connectivity index (χ0n) is 18.1. The number of furan rings is 1. The summed E-state index contributed by atoms with van der Waals surface area (Å²) >= 11 is 11.5. The van der Waals surface area contributed by atoms with Crippen LogP contribution in [0.2, 0.25) is 5.02 Å². The molecule has 1 saturated heterocycles. The molecule has 1 aliphatic heterocycles. The van der Waals surface area contributed by atoms with E-state index >= 15 is 0 Å². The van der Waals surface area contributed by atoms with Crippen molar-refractivity contribution in [2.75, 3.05) is 11.9 Å². The second-order valence-corrected chi connectivity index (χ2v) is 10.8. The van der Waals surface area contributed by atoms with Crippen LogP contribution >= 0.6 is 51.1 Å². The number of benzene rings is 2. The van der Waals surface area contributed by atoms with Gasteiger partial charge in [-0.15, -0.1) is 0 Å². The third-order valence-electron chi connectivity index (χ3n) is 4.94. The third-order valence-corrected chi connectivity index (χ3v) is 7.95. The van der Waals surface area contributed by atoms with E-state index in [-0.39, 0.29) is 11.4 Å². The summed E-state index contributed by atoms with van der Waals surface area (Å²) in [6.45, 7) is 3.55. The highest BCUT2D eigenvalue weighted by molar-refractivity contribution is 9.10. The van der Waals surface area contributed by atoms with Gasteiger partial charge in [0.1, 0.15) is 12.3 Å². The van der Waals surface area contributed by atoms with E-state index in [1.165, 1.54) is 17.8 Å². The van der Waals surface area contributed by atoms with E-state index in [9.17, 15) is 14.4 Å². The molecule has 1 aromatic heterocycles. The van der Waals surface area contributed by atoms with E-state index in [4.69, 9.17) is 16.0 Å². The topological polar surface area (TPSA) is 79.6 Å². The van der Waals surface area contributed by atoms with Crippen molar-refractivity contribution in [1.82, 2.24) is 4.90 Å². The largest absolute Gasteiger partial charge is 0.449 e. The predicted molar refractivity (Wildman–Crippen MR) is 139 cm³/mol. The fourth-order valence-electron chi connectivity index (χ4n) is 3.05. The maximum atomic E-state index is 12.8. The van der Waals surface area contributed by atoms with Crippen LogP contribution in [0.4, 0.5) is 10.5 Å². The molecule has 0 unspecified atom stereocenters. The molecule has 1 fully saturated rings. The SMILES string of the molecule is Cc1ccc(NC(=O)CN2C(=O)S/C(=C/c3cc(Br)c(Sc4ccc(Cl)cc4)o3)C2=O)cc1C. The van der Waals surface area contributed by atoms with Crippen molar-refractivity contribution in [3.05, 3.63) is 79.8 Å². The molecule has 3 amide bonds. The summed E-state index contributed by atoms with van der Waals surface area (Å²) in [5.74, 6) is -0.577. The first-order valence-electron chi connectivity index (χ1n) is 10.0. The van der Waals surface area contributed by atoms with E-state index in [2.05, 4.69) is 21.2 Å². The monoisotopic (exact) mass is 576 g/mol. The number of hydrogen-bond donors (Lipinski definition) is 1. The molecule has 2 aromatic carbocycles. The van der Waals surface area contributed by atoms with Crippen molar-refractivity contribution in [3.8, 4) is 0 Å². The zero-order valence-corrected chi connectivity index (χ0v) is 22.0. The molecule has 2 heterocycles. The molecule has 174 valence electrons. The number of carbonyl (C=O) groups is 3. The van der Waals surface area contributed by atoms with Gasteiger partial charge in [0.15, 0.2) is 5.09 Å². The highest BCUT2D eigenvalue weighted by atomic mass is 79.9. The number of carbonyl (C=O) groups excluding carboxylic acids is 3. The van der Waals surface area contributed by atoms with Gasteiger partial charge in [-0.2, -0.15) is 0 Å². The van der Waals surface area contributed by atoms with Crippen LogP contribution in [0.15, 0.2) is 72.3 Å². The molecule has 0 saturated carbocycles. The number of hydrogen-bond acceptors (Lipinski definition) is 6. The van der Waals surface area contributed by atoms with E-state index < -0.39 is 17.1 Å². The molecular formula is C24H18BrClN2O4S2. The summed E-state index contributed by atoms with van der Waals surface area (Å²) in [6.07, 6.45) is 1.50. The number of nitrogens with zero attached hydrogens (tertiary/aromatic N) is 1. The minimum atomic E-state index is -0.537. The molecule has 34 heavy (non-hydrogen) atoms. The van der Waals surface area contributed by atoms with E-state index in [0.717, 1.165) is 32.7 Å². The lowest BCUT2D eigenvalue weighted by Gasteiger charge is -2.13. The van der Waals surface area contributed by atoms with Crippen molar-refractivity contribution < 1.29 is 18.8 Å². The number of anilines is 1. The normalized spacial score (nSPS) is 14.8. The number of halogens is 2. The Hall–Kier alpha value is -2.46. The second kappa shape index (κ2) is 10.4. The van der Waals surface area contributed by atoms with Gasteiger partial charge in [-0.05, 0) is 95.1 Å². The summed E-state index contributed by atoms with van der Waals surface area (Å²) in [7, 11) is 0. The van der Waals surface area contributed by atoms with Crippen LogP contribution in [0.5, 0.6) is 0 Å². The molecule has 0 radical (unpaired) electrons. The number of imide groups is 1. The lowest BCUT2D eigenvalue weighted by atomic mass is 10.1. The van der Waals surface area contributed by atoms with Crippen LogP contribution in [-0.2, 0) is 9.59 Å².